The topological polar surface area (TPSA) is 80.3 Å². The molecule has 0 spiro atoms. The van der Waals surface area contributed by atoms with Gasteiger partial charge in [-0.2, -0.15) is 0 Å². The second-order valence-corrected chi connectivity index (χ2v) is 4.94. The fourth-order valence-electron chi connectivity index (χ4n) is 1.84. The number of carbonyl (C=O) groups excluding carboxylic acids is 2. The first-order valence-corrected chi connectivity index (χ1v) is 7.25. The van der Waals surface area contributed by atoms with Crippen LogP contribution in [0.25, 0.3) is 6.08 Å². The molecule has 7 heteroatoms. The van der Waals surface area contributed by atoms with E-state index in [0.29, 0.717) is 22.8 Å². The molecule has 0 heterocycles. The predicted molar refractivity (Wildman–Crippen MR) is 87.3 cm³/mol. The van der Waals surface area contributed by atoms with E-state index in [-0.39, 0.29) is 6.10 Å². The van der Waals surface area contributed by atoms with Crippen molar-refractivity contribution in [2.75, 3.05) is 27.9 Å². The van der Waals surface area contributed by atoms with Gasteiger partial charge in [-0.1, -0.05) is 0 Å². The average Bonchev–Trinajstić information content (AvgIpc) is 2.56. The number of ether oxygens (including phenoxy) is 5. The van der Waals surface area contributed by atoms with Crippen molar-refractivity contribution in [2.45, 2.75) is 20.0 Å². The summed E-state index contributed by atoms with van der Waals surface area (Å²) in [6, 6.07) is 3.36. The summed E-state index contributed by atoms with van der Waals surface area (Å²) in [4.78, 5) is 22.9. The number of benzene rings is 1. The van der Waals surface area contributed by atoms with Crippen LogP contribution in [0.4, 0.5) is 0 Å². The molecule has 24 heavy (non-hydrogen) atoms. The van der Waals surface area contributed by atoms with Gasteiger partial charge in [0.1, 0.15) is 0 Å². The molecule has 0 aliphatic rings. The molecule has 0 N–H and O–H groups in total. The Morgan fingerprint density at radius 2 is 1.62 bits per heavy atom. The standard InChI is InChI=1S/C17H22O7/c1-11(2)24-16(19)10-23-15(18)7-6-12-8-13(20-3)17(22-5)14(9-12)21-4/h6-9,11H,10H2,1-5H3/b7-6+. The van der Waals surface area contributed by atoms with E-state index in [2.05, 4.69) is 0 Å². The van der Waals surface area contributed by atoms with Crippen LogP contribution in [0.15, 0.2) is 18.2 Å². The van der Waals surface area contributed by atoms with Crippen LogP contribution in [0.1, 0.15) is 19.4 Å². The first-order chi connectivity index (χ1) is 11.4. The van der Waals surface area contributed by atoms with Gasteiger partial charge in [0.2, 0.25) is 5.75 Å². The van der Waals surface area contributed by atoms with E-state index in [1.54, 1.807) is 26.0 Å². The van der Waals surface area contributed by atoms with Crippen molar-refractivity contribution in [2.24, 2.45) is 0 Å². The number of hydrogen-bond donors (Lipinski definition) is 0. The van der Waals surface area contributed by atoms with Crippen molar-refractivity contribution < 1.29 is 33.3 Å². The maximum Gasteiger partial charge on any atom is 0.344 e. The summed E-state index contributed by atoms with van der Waals surface area (Å²) >= 11 is 0. The van der Waals surface area contributed by atoms with Gasteiger partial charge in [0.05, 0.1) is 27.4 Å². The van der Waals surface area contributed by atoms with Crippen LogP contribution >= 0.6 is 0 Å². The molecule has 0 amide bonds. The lowest BCUT2D eigenvalue weighted by atomic mass is 10.1. The van der Waals surface area contributed by atoms with Crippen molar-refractivity contribution in [3.05, 3.63) is 23.8 Å². The molecule has 0 radical (unpaired) electrons. The second kappa shape index (κ2) is 9.44. The molecule has 1 aromatic rings. The van der Waals surface area contributed by atoms with Crippen molar-refractivity contribution >= 4 is 18.0 Å². The number of methoxy groups -OCH3 is 3. The third-order valence-corrected chi connectivity index (χ3v) is 2.80. The maximum atomic E-state index is 11.6. The van der Waals surface area contributed by atoms with Crippen molar-refractivity contribution in [1.82, 2.24) is 0 Å². The van der Waals surface area contributed by atoms with E-state index in [0.717, 1.165) is 0 Å². The highest BCUT2D eigenvalue weighted by molar-refractivity contribution is 5.88. The van der Waals surface area contributed by atoms with Crippen LogP contribution < -0.4 is 14.2 Å². The predicted octanol–water partition coefficient (Wildman–Crippen LogP) is 2.22. The minimum absolute atomic E-state index is 0.258. The second-order valence-electron chi connectivity index (χ2n) is 4.94. The zero-order chi connectivity index (χ0) is 18.1. The fraction of sp³-hybridized carbons (Fsp3) is 0.412. The van der Waals surface area contributed by atoms with E-state index >= 15 is 0 Å². The number of hydrogen-bond acceptors (Lipinski definition) is 7. The lowest BCUT2D eigenvalue weighted by Crippen LogP contribution is -2.18. The molecule has 132 valence electrons. The van der Waals surface area contributed by atoms with Gasteiger partial charge in [0.15, 0.2) is 18.1 Å². The number of carbonyl (C=O) groups is 2. The maximum absolute atomic E-state index is 11.6. The summed E-state index contributed by atoms with van der Waals surface area (Å²) < 4.78 is 25.3. The molecular formula is C17H22O7. The van der Waals surface area contributed by atoms with Gasteiger partial charge in [-0.05, 0) is 37.6 Å². The smallest absolute Gasteiger partial charge is 0.344 e. The summed E-state index contributed by atoms with van der Waals surface area (Å²) in [5.41, 5.74) is 0.645. The SMILES string of the molecule is COc1cc(/C=C/C(=O)OCC(=O)OC(C)C)cc(OC)c1OC. The van der Waals surface area contributed by atoms with Gasteiger partial charge < -0.3 is 23.7 Å². The Hall–Kier alpha value is -2.70. The van der Waals surface area contributed by atoms with E-state index in [1.165, 1.54) is 33.5 Å². The number of esters is 2. The highest BCUT2D eigenvalue weighted by atomic mass is 16.6. The first-order valence-electron chi connectivity index (χ1n) is 7.25. The summed E-state index contributed by atoms with van der Waals surface area (Å²) in [6.07, 6.45) is 2.45. The molecule has 0 aliphatic heterocycles. The molecule has 0 atom stereocenters. The Bertz CT molecular complexity index is 580. The third kappa shape index (κ3) is 5.83. The van der Waals surface area contributed by atoms with Crippen LogP contribution in [0.2, 0.25) is 0 Å². The molecule has 1 rings (SSSR count). The van der Waals surface area contributed by atoms with E-state index in [4.69, 9.17) is 23.7 Å². The van der Waals surface area contributed by atoms with Crippen molar-refractivity contribution in [1.29, 1.82) is 0 Å². The Labute approximate surface area is 141 Å². The van der Waals surface area contributed by atoms with Crippen molar-refractivity contribution in [3.63, 3.8) is 0 Å². The molecule has 0 saturated carbocycles. The molecule has 0 bridgehead atoms. The Morgan fingerprint density at radius 3 is 2.08 bits per heavy atom. The lowest BCUT2D eigenvalue weighted by molar-refractivity contribution is -0.158. The van der Waals surface area contributed by atoms with Gasteiger partial charge in [0.25, 0.3) is 0 Å². The zero-order valence-electron chi connectivity index (χ0n) is 14.5. The largest absolute Gasteiger partial charge is 0.493 e. The first kappa shape index (κ1) is 19.3. The Kier molecular flexibility index (Phi) is 7.61. The third-order valence-electron chi connectivity index (χ3n) is 2.80. The molecule has 7 nitrogen and oxygen atoms in total. The summed E-state index contributed by atoms with van der Waals surface area (Å²) in [7, 11) is 4.50. The van der Waals surface area contributed by atoms with Crippen LogP contribution in [0.3, 0.4) is 0 Å². The quantitative estimate of drug-likeness (QED) is 0.531. The molecular weight excluding hydrogens is 316 g/mol. The van der Waals surface area contributed by atoms with Gasteiger partial charge in [-0.3, -0.25) is 0 Å². The summed E-state index contributed by atoms with van der Waals surface area (Å²) in [5.74, 6) is 0.121. The van der Waals surface area contributed by atoms with Crippen LogP contribution in [-0.4, -0.2) is 46.0 Å². The molecule has 0 fully saturated rings. The average molecular weight is 338 g/mol. The molecule has 1 aromatic carbocycles. The normalized spacial score (nSPS) is 10.6. The fourth-order valence-corrected chi connectivity index (χ4v) is 1.84. The van der Waals surface area contributed by atoms with E-state index < -0.39 is 18.5 Å². The van der Waals surface area contributed by atoms with E-state index in [1.807, 2.05) is 0 Å². The monoisotopic (exact) mass is 338 g/mol. The van der Waals surface area contributed by atoms with Crippen LogP contribution in [-0.2, 0) is 19.1 Å². The summed E-state index contributed by atoms with van der Waals surface area (Å²) in [6.45, 7) is 2.99. The minimum atomic E-state index is -0.663. The van der Waals surface area contributed by atoms with Gasteiger partial charge in [-0.25, -0.2) is 9.59 Å². The molecule has 0 aliphatic carbocycles. The molecule has 0 saturated heterocycles. The summed E-state index contributed by atoms with van der Waals surface area (Å²) in [5, 5.41) is 0. The van der Waals surface area contributed by atoms with Crippen LogP contribution in [0, 0.1) is 0 Å². The van der Waals surface area contributed by atoms with Gasteiger partial charge >= 0.3 is 11.9 Å². The lowest BCUT2D eigenvalue weighted by Gasteiger charge is -2.12. The highest BCUT2D eigenvalue weighted by Crippen LogP contribution is 2.38. The number of rotatable bonds is 8. The van der Waals surface area contributed by atoms with E-state index in [9.17, 15) is 9.59 Å². The highest BCUT2D eigenvalue weighted by Gasteiger charge is 2.12. The van der Waals surface area contributed by atoms with Gasteiger partial charge in [0, 0.05) is 6.08 Å². The van der Waals surface area contributed by atoms with Gasteiger partial charge in [-0.15, -0.1) is 0 Å². The Balaban J connectivity index is 2.76. The van der Waals surface area contributed by atoms with Crippen molar-refractivity contribution in [3.8, 4) is 17.2 Å². The van der Waals surface area contributed by atoms with Crippen LogP contribution in [0.5, 0.6) is 17.2 Å². The minimum Gasteiger partial charge on any atom is -0.493 e. The zero-order valence-corrected chi connectivity index (χ0v) is 14.5. The Morgan fingerprint density at radius 1 is 1.04 bits per heavy atom. The molecule has 0 aromatic heterocycles. The molecule has 0 unspecified atom stereocenters.